The molecule has 0 saturated carbocycles. The molecule has 0 atom stereocenters. The highest BCUT2D eigenvalue weighted by atomic mass is 16.5. The van der Waals surface area contributed by atoms with E-state index in [4.69, 9.17) is 4.74 Å². The Hall–Kier alpha value is -2.59. The van der Waals surface area contributed by atoms with E-state index in [2.05, 4.69) is 41.1 Å². The van der Waals surface area contributed by atoms with Crippen LogP contribution in [0.15, 0.2) is 61.2 Å². The van der Waals surface area contributed by atoms with Crippen molar-refractivity contribution < 1.29 is 9.53 Å². The van der Waals surface area contributed by atoms with Crippen molar-refractivity contribution >= 4 is 5.91 Å². The van der Waals surface area contributed by atoms with Crippen molar-refractivity contribution in [3.05, 3.63) is 77.9 Å². The molecule has 0 unspecified atom stereocenters. The molecule has 0 aromatic heterocycles. The summed E-state index contributed by atoms with van der Waals surface area (Å²) in [6.07, 6.45) is 4.31. The fourth-order valence-electron chi connectivity index (χ4n) is 3.10. The Bertz CT molecular complexity index is 717. The maximum atomic E-state index is 12.3. The van der Waals surface area contributed by atoms with E-state index in [9.17, 15) is 4.79 Å². The second-order valence-corrected chi connectivity index (χ2v) is 6.61. The van der Waals surface area contributed by atoms with Crippen molar-refractivity contribution in [1.82, 2.24) is 10.2 Å². The van der Waals surface area contributed by atoms with Gasteiger partial charge >= 0.3 is 0 Å². The Morgan fingerprint density at radius 1 is 1.04 bits per heavy atom. The van der Waals surface area contributed by atoms with Crippen molar-refractivity contribution in [3.8, 4) is 5.75 Å². The smallest absolute Gasteiger partial charge is 0.251 e. The lowest BCUT2D eigenvalue weighted by Gasteiger charge is -2.14. The summed E-state index contributed by atoms with van der Waals surface area (Å²) < 4.78 is 5.42. The van der Waals surface area contributed by atoms with Crippen molar-refractivity contribution in [2.45, 2.75) is 25.9 Å². The molecule has 4 heteroatoms. The molecule has 1 aliphatic rings. The average molecular weight is 350 g/mol. The second-order valence-electron chi connectivity index (χ2n) is 6.61. The molecule has 0 aliphatic carbocycles. The first-order valence-electron chi connectivity index (χ1n) is 9.17. The Kier molecular flexibility index (Phi) is 6.45. The minimum absolute atomic E-state index is 0.0820. The normalized spacial score (nSPS) is 14.2. The lowest BCUT2D eigenvalue weighted by molar-refractivity contribution is 0.0951. The van der Waals surface area contributed by atoms with Gasteiger partial charge in [-0.3, -0.25) is 9.69 Å². The standard InChI is InChI=1S/C22H26N2O2/c1-2-15-26-21-11-9-20(10-12-21)22(25)23-16-18-5-7-19(8-6-18)17-24-13-3-4-14-24/h2,5-12H,1,3-4,13-17H2,(H,23,25). The number of hydrogen-bond acceptors (Lipinski definition) is 3. The summed E-state index contributed by atoms with van der Waals surface area (Å²) in [5.41, 5.74) is 3.06. The van der Waals surface area contributed by atoms with E-state index in [1.807, 2.05) is 0 Å². The van der Waals surface area contributed by atoms with Crippen LogP contribution in [0.25, 0.3) is 0 Å². The van der Waals surface area contributed by atoms with Crippen LogP contribution in [0, 0.1) is 0 Å². The maximum absolute atomic E-state index is 12.3. The molecule has 1 heterocycles. The summed E-state index contributed by atoms with van der Waals surface area (Å²) in [6.45, 7) is 8.02. The third-order valence-electron chi connectivity index (χ3n) is 4.57. The van der Waals surface area contributed by atoms with E-state index in [0.29, 0.717) is 18.7 Å². The molecule has 1 N–H and O–H groups in total. The molecule has 1 amide bonds. The van der Waals surface area contributed by atoms with Gasteiger partial charge in [0.25, 0.3) is 5.91 Å². The summed E-state index contributed by atoms with van der Waals surface area (Å²) in [5, 5.41) is 2.96. The van der Waals surface area contributed by atoms with Gasteiger partial charge in [-0.1, -0.05) is 36.9 Å². The third kappa shape index (κ3) is 5.20. The number of benzene rings is 2. The Morgan fingerprint density at radius 2 is 1.69 bits per heavy atom. The summed E-state index contributed by atoms with van der Waals surface area (Å²) in [7, 11) is 0. The van der Waals surface area contributed by atoms with Gasteiger partial charge in [-0.25, -0.2) is 0 Å². The van der Waals surface area contributed by atoms with E-state index in [1.165, 1.54) is 31.5 Å². The lowest BCUT2D eigenvalue weighted by Crippen LogP contribution is -2.22. The summed E-state index contributed by atoms with van der Waals surface area (Å²) in [5.74, 6) is 0.649. The fourth-order valence-corrected chi connectivity index (χ4v) is 3.10. The molecule has 2 aromatic rings. The number of hydrogen-bond donors (Lipinski definition) is 1. The number of likely N-dealkylation sites (tertiary alicyclic amines) is 1. The van der Waals surface area contributed by atoms with Gasteiger partial charge in [-0.05, 0) is 61.3 Å². The number of carbonyl (C=O) groups excluding carboxylic acids is 1. The third-order valence-corrected chi connectivity index (χ3v) is 4.57. The Balaban J connectivity index is 1.48. The first-order valence-corrected chi connectivity index (χ1v) is 9.17. The van der Waals surface area contributed by atoms with Crippen LogP contribution in [-0.2, 0) is 13.1 Å². The van der Waals surface area contributed by atoms with Crippen molar-refractivity contribution in [3.63, 3.8) is 0 Å². The number of nitrogens with zero attached hydrogens (tertiary/aromatic N) is 1. The average Bonchev–Trinajstić information content (AvgIpc) is 3.19. The number of ether oxygens (including phenoxy) is 1. The minimum atomic E-state index is -0.0820. The number of amides is 1. The van der Waals surface area contributed by atoms with Gasteiger partial charge in [-0.15, -0.1) is 0 Å². The quantitative estimate of drug-likeness (QED) is 0.737. The van der Waals surface area contributed by atoms with E-state index in [0.717, 1.165) is 17.9 Å². The number of nitrogens with one attached hydrogen (secondary N) is 1. The van der Waals surface area contributed by atoms with Gasteiger partial charge in [0.15, 0.2) is 0 Å². The Labute approximate surface area is 155 Å². The van der Waals surface area contributed by atoms with Crippen molar-refractivity contribution in [1.29, 1.82) is 0 Å². The molecule has 4 nitrogen and oxygen atoms in total. The number of carbonyl (C=O) groups is 1. The highest BCUT2D eigenvalue weighted by molar-refractivity contribution is 5.94. The predicted octanol–water partition coefficient (Wildman–Crippen LogP) is 3.78. The predicted molar refractivity (Wildman–Crippen MR) is 104 cm³/mol. The molecule has 26 heavy (non-hydrogen) atoms. The molecule has 136 valence electrons. The topological polar surface area (TPSA) is 41.6 Å². The molecule has 0 bridgehead atoms. The zero-order valence-corrected chi connectivity index (χ0v) is 15.1. The summed E-state index contributed by atoms with van der Waals surface area (Å²) in [6, 6.07) is 15.6. The van der Waals surface area contributed by atoms with Crippen LogP contribution >= 0.6 is 0 Å². The SMILES string of the molecule is C=CCOc1ccc(C(=O)NCc2ccc(CN3CCCC3)cc2)cc1. The van der Waals surface area contributed by atoms with Gasteiger partial charge < -0.3 is 10.1 Å². The zero-order valence-electron chi connectivity index (χ0n) is 15.1. The molecule has 0 radical (unpaired) electrons. The number of rotatable bonds is 8. The van der Waals surface area contributed by atoms with Crippen LogP contribution in [-0.4, -0.2) is 30.5 Å². The summed E-state index contributed by atoms with van der Waals surface area (Å²) in [4.78, 5) is 14.8. The molecular formula is C22H26N2O2. The lowest BCUT2D eigenvalue weighted by atomic mass is 10.1. The Morgan fingerprint density at radius 3 is 2.35 bits per heavy atom. The van der Waals surface area contributed by atoms with Crippen molar-refractivity contribution in [2.24, 2.45) is 0 Å². The van der Waals surface area contributed by atoms with E-state index in [1.54, 1.807) is 30.3 Å². The van der Waals surface area contributed by atoms with Crippen LogP contribution in [0.2, 0.25) is 0 Å². The minimum Gasteiger partial charge on any atom is -0.490 e. The largest absolute Gasteiger partial charge is 0.490 e. The van der Waals surface area contributed by atoms with Gasteiger partial charge in [0.1, 0.15) is 12.4 Å². The van der Waals surface area contributed by atoms with Gasteiger partial charge in [0.05, 0.1) is 0 Å². The van der Waals surface area contributed by atoms with Crippen LogP contribution in [0.3, 0.4) is 0 Å². The van der Waals surface area contributed by atoms with Crippen molar-refractivity contribution in [2.75, 3.05) is 19.7 Å². The zero-order chi connectivity index (χ0) is 18.2. The summed E-state index contributed by atoms with van der Waals surface area (Å²) >= 11 is 0. The molecule has 1 saturated heterocycles. The molecule has 2 aromatic carbocycles. The van der Waals surface area contributed by atoms with Gasteiger partial charge in [0.2, 0.25) is 0 Å². The van der Waals surface area contributed by atoms with Crippen LogP contribution < -0.4 is 10.1 Å². The second kappa shape index (κ2) is 9.20. The fraction of sp³-hybridized carbons (Fsp3) is 0.318. The highest BCUT2D eigenvalue weighted by Gasteiger charge is 2.11. The molecule has 1 aliphatic heterocycles. The highest BCUT2D eigenvalue weighted by Crippen LogP contribution is 2.14. The molecule has 3 rings (SSSR count). The van der Waals surface area contributed by atoms with E-state index >= 15 is 0 Å². The van der Waals surface area contributed by atoms with E-state index < -0.39 is 0 Å². The molecular weight excluding hydrogens is 324 g/mol. The van der Waals surface area contributed by atoms with Crippen LogP contribution in [0.1, 0.15) is 34.3 Å². The van der Waals surface area contributed by atoms with Gasteiger partial charge in [0, 0.05) is 18.7 Å². The molecule has 1 fully saturated rings. The van der Waals surface area contributed by atoms with E-state index in [-0.39, 0.29) is 5.91 Å². The maximum Gasteiger partial charge on any atom is 0.251 e. The first-order chi connectivity index (χ1) is 12.7. The van der Waals surface area contributed by atoms with Crippen LogP contribution in [0.4, 0.5) is 0 Å². The van der Waals surface area contributed by atoms with Gasteiger partial charge in [-0.2, -0.15) is 0 Å². The molecule has 0 spiro atoms. The first kappa shape index (κ1) is 18.2. The van der Waals surface area contributed by atoms with Crippen LogP contribution in [0.5, 0.6) is 5.75 Å². The monoisotopic (exact) mass is 350 g/mol.